The van der Waals surface area contributed by atoms with Crippen LogP contribution in [-0.4, -0.2) is 41.2 Å². The molecule has 1 aromatic carbocycles. The molecule has 0 aliphatic rings. The molecule has 7 nitrogen and oxygen atoms in total. The maximum absolute atomic E-state index is 12.0. The minimum Gasteiger partial charge on any atom is -0.491 e. The van der Waals surface area contributed by atoms with Gasteiger partial charge in [0.05, 0.1) is 10.7 Å². The van der Waals surface area contributed by atoms with Gasteiger partial charge in [0.15, 0.2) is 5.13 Å². The molecule has 0 radical (unpaired) electrons. The molecule has 0 aliphatic carbocycles. The van der Waals surface area contributed by atoms with Crippen molar-refractivity contribution in [3.8, 4) is 27.4 Å². The van der Waals surface area contributed by atoms with Crippen LogP contribution in [0.25, 0.3) is 21.7 Å². The lowest BCUT2D eigenvalue weighted by molar-refractivity contribution is 0.0697. The number of hydrogen-bond acceptors (Lipinski definition) is 8. The third kappa shape index (κ3) is 6.22. The number of likely N-dealkylation sites (N-methyl/N-ethyl adjacent to an activating group) is 1. The van der Waals surface area contributed by atoms with Crippen LogP contribution >= 0.6 is 34.3 Å². The number of nitrogens with zero attached hydrogens (tertiary/aromatic N) is 2. The van der Waals surface area contributed by atoms with Crippen LogP contribution in [0.15, 0.2) is 48.0 Å². The number of ether oxygens (including phenoxy) is 1. The molecule has 0 bridgehead atoms. The number of carboxylic acids is 1. The van der Waals surface area contributed by atoms with Crippen molar-refractivity contribution in [1.82, 2.24) is 15.3 Å². The maximum Gasteiger partial charge on any atom is 0.339 e. The van der Waals surface area contributed by atoms with E-state index in [-0.39, 0.29) is 11.4 Å². The highest BCUT2D eigenvalue weighted by Crippen LogP contribution is 2.38. The number of carboxylic acid groups (broad SMARTS) is 1. The van der Waals surface area contributed by atoms with Gasteiger partial charge in [-0.2, -0.15) is 0 Å². The SMILES string of the molecule is CNCCOc1ccc(-c2nc(Nc3ncc(-c4cccs4)cc3C(=O)O)sc2CC(C)C)cc1Cl. The third-order valence-corrected chi connectivity index (χ3v) is 7.46. The number of carbonyl (C=O) groups is 1. The summed E-state index contributed by atoms with van der Waals surface area (Å²) in [6.07, 6.45) is 2.50. The number of nitrogens with one attached hydrogen (secondary N) is 2. The second-order valence-electron chi connectivity index (χ2n) is 8.51. The summed E-state index contributed by atoms with van der Waals surface area (Å²) >= 11 is 9.53. The highest BCUT2D eigenvalue weighted by atomic mass is 35.5. The zero-order valence-electron chi connectivity index (χ0n) is 20.2. The highest BCUT2D eigenvalue weighted by molar-refractivity contribution is 7.16. The van der Waals surface area contributed by atoms with Crippen LogP contribution in [0.4, 0.5) is 10.9 Å². The van der Waals surface area contributed by atoms with Crippen LogP contribution in [0.2, 0.25) is 5.02 Å². The fraction of sp³-hybridized carbons (Fsp3) is 0.269. The molecule has 4 aromatic rings. The Hall–Kier alpha value is -2.98. The molecule has 3 N–H and O–H groups in total. The second kappa shape index (κ2) is 11.8. The minimum atomic E-state index is -1.05. The van der Waals surface area contributed by atoms with Gasteiger partial charge in [-0.25, -0.2) is 14.8 Å². The molecule has 3 aromatic heterocycles. The molecular formula is C26H27ClN4O3S2. The average molecular weight is 543 g/mol. The van der Waals surface area contributed by atoms with E-state index >= 15 is 0 Å². The summed E-state index contributed by atoms with van der Waals surface area (Å²) in [6, 6.07) is 11.2. The Morgan fingerprint density at radius 3 is 2.72 bits per heavy atom. The van der Waals surface area contributed by atoms with Gasteiger partial charge in [-0.05, 0) is 55.1 Å². The van der Waals surface area contributed by atoms with E-state index in [4.69, 9.17) is 21.3 Å². The van der Waals surface area contributed by atoms with E-state index in [1.54, 1.807) is 12.3 Å². The van der Waals surface area contributed by atoms with Gasteiger partial charge >= 0.3 is 5.97 Å². The van der Waals surface area contributed by atoms with Gasteiger partial charge in [-0.1, -0.05) is 31.5 Å². The molecule has 0 unspecified atom stereocenters. The van der Waals surface area contributed by atoms with Gasteiger partial charge in [0, 0.05) is 33.6 Å². The number of halogens is 1. The van der Waals surface area contributed by atoms with Crippen molar-refractivity contribution in [2.24, 2.45) is 5.92 Å². The summed E-state index contributed by atoms with van der Waals surface area (Å²) in [6.45, 7) is 5.53. The summed E-state index contributed by atoms with van der Waals surface area (Å²) in [4.78, 5) is 23.3. The molecule has 4 rings (SSSR count). The maximum atomic E-state index is 12.0. The van der Waals surface area contributed by atoms with Crippen LogP contribution in [0.1, 0.15) is 29.1 Å². The molecule has 0 aliphatic heterocycles. The van der Waals surface area contributed by atoms with E-state index in [1.165, 1.54) is 22.7 Å². The van der Waals surface area contributed by atoms with Crippen LogP contribution in [0, 0.1) is 5.92 Å². The van der Waals surface area contributed by atoms with E-state index in [0.29, 0.717) is 28.4 Å². The molecule has 0 saturated heterocycles. The Morgan fingerprint density at radius 2 is 2.06 bits per heavy atom. The summed E-state index contributed by atoms with van der Waals surface area (Å²) in [5.74, 6) is 0.235. The molecule has 3 heterocycles. The topological polar surface area (TPSA) is 96.4 Å². The van der Waals surface area contributed by atoms with Gasteiger partial charge in [0.25, 0.3) is 0 Å². The predicted molar refractivity (Wildman–Crippen MR) is 148 cm³/mol. The minimum absolute atomic E-state index is 0.0918. The lowest BCUT2D eigenvalue weighted by Gasteiger charge is -2.10. The van der Waals surface area contributed by atoms with Crippen LogP contribution in [0.3, 0.4) is 0 Å². The summed E-state index contributed by atoms with van der Waals surface area (Å²) in [5, 5.41) is 19.1. The van der Waals surface area contributed by atoms with Crippen LogP contribution < -0.4 is 15.4 Å². The van der Waals surface area contributed by atoms with Crippen molar-refractivity contribution >= 4 is 51.2 Å². The van der Waals surface area contributed by atoms with Gasteiger partial charge in [-0.3, -0.25) is 0 Å². The van der Waals surface area contributed by atoms with E-state index in [9.17, 15) is 9.90 Å². The Morgan fingerprint density at radius 1 is 1.22 bits per heavy atom. The summed E-state index contributed by atoms with van der Waals surface area (Å²) in [5.41, 5.74) is 2.54. The number of thiophene rings is 1. The van der Waals surface area contributed by atoms with Crippen molar-refractivity contribution in [2.45, 2.75) is 20.3 Å². The number of anilines is 2. The Kier molecular flexibility index (Phi) is 8.58. The molecule has 0 amide bonds. The number of rotatable bonds is 11. The smallest absolute Gasteiger partial charge is 0.339 e. The third-order valence-electron chi connectivity index (χ3n) is 5.26. The zero-order valence-corrected chi connectivity index (χ0v) is 22.6. The summed E-state index contributed by atoms with van der Waals surface area (Å²) < 4.78 is 5.73. The van der Waals surface area contributed by atoms with Crippen molar-refractivity contribution in [3.63, 3.8) is 0 Å². The fourth-order valence-electron chi connectivity index (χ4n) is 3.57. The number of hydrogen-bond donors (Lipinski definition) is 3. The zero-order chi connectivity index (χ0) is 25.7. The van der Waals surface area contributed by atoms with Gasteiger partial charge < -0.3 is 20.5 Å². The van der Waals surface area contributed by atoms with Crippen molar-refractivity contribution in [1.29, 1.82) is 0 Å². The number of aromatic nitrogens is 2. The van der Waals surface area contributed by atoms with Crippen molar-refractivity contribution in [3.05, 3.63) is 63.4 Å². The van der Waals surface area contributed by atoms with Crippen molar-refractivity contribution in [2.75, 3.05) is 25.5 Å². The van der Waals surface area contributed by atoms with E-state index in [0.717, 1.165) is 39.5 Å². The molecule has 10 heteroatoms. The van der Waals surface area contributed by atoms with E-state index < -0.39 is 5.97 Å². The van der Waals surface area contributed by atoms with Gasteiger partial charge in [0.1, 0.15) is 23.7 Å². The number of thiazole rings is 1. The Balaban J connectivity index is 1.65. The largest absolute Gasteiger partial charge is 0.491 e. The lowest BCUT2D eigenvalue weighted by atomic mass is 10.0. The molecule has 188 valence electrons. The second-order valence-corrected chi connectivity index (χ2v) is 11.0. The monoisotopic (exact) mass is 542 g/mol. The number of benzene rings is 1. The van der Waals surface area contributed by atoms with Gasteiger partial charge in [-0.15, -0.1) is 22.7 Å². The molecular weight excluding hydrogens is 516 g/mol. The number of aromatic carboxylic acids is 1. The van der Waals surface area contributed by atoms with Gasteiger partial charge in [0.2, 0.25) is 0 Å². The van der Waals surface area contributed by atoms with Crippen molar-refractivity contribution < 1.29 is 14.6 Å². The molecule has 0 atom stereocenters. The van der Waals surface area contributed by atoms with E-state index in [2.05, 4.69) is 29.5 Å². The first-order valence-corrected chi connectivity index (χ1v) is 13.5. The highest BCUT2D eigenvalue weighted by Gasteiger charge is 2.19. The van der Waals surface area contributed by atoms with Crippen LogP contribution in [-0.2, 0) is 6.42 Å². The molecule has 36 heavy (non-hydrogen) atoms. The average Bonchev–Trinajstić information content (AvgIpc) is 3.50. The Labute approximate surface area is 223 Å². The predicted octanol–water partition coefficient (Wildman–Crippen LogP) is 6.83. The normalized spacial score (nSPS) is 11.1. The molecule has 0 fully saturated rings. The summed E-state index contributed by atoms with van der Waals surface area (Å²) in [7, 11) is 1.87. The quantitative estimate of drug-likeness (QED) is 0.179. The standard InChI is InChI=1S/C26H27ClN4O3S2/c1-15(2)11-22-23(16-6-7-20(19(27)13-16)34-9-8-28-3)30-26(36-22)31-24-18(25(32)33)12-17(14-29-24)21-5-4-10-35-21/h4-7,10,12-15,28H,8-9,11H2,1-3H3,(H,32,33)(H,29,30,31). The van der Waals surface area contributed by atoms with E-state index in [1.807, 2.05) is 42.8 Å². The first-order chi connectivity index (χ1) is 17.4. The first-order valence-electron chi connectivity index (χ1n) is 11.5. The number of pyridine rings is 1. The van der Waals surface area contributed by atoms with Crippen LogP contribution in [0.5, 0.6) is 5.75 Å². The lowest BCUT2D eigenvalue weighted by Crippen LogP contribution is -2.16. The first kappa shape index (κ1) is 26.1. The molecule has 0 spiro atoms. The fourth-order valence-corrected chi connectivity index (χ4v) is 5.71. The molecule has 0 saturated carbocycles. The Bertz CT molecular complexity index is 1340.